The standard InChI is InChI=1S/C16H21NOS2/c1-2-3-7-14(16(17)20-12-19)10-11-15(18)13-8-5-4-6-9-13/h4-6,8-9,12,14,17H,2-3,7,10-11H2,1H3. The normalized spacial score (nSPS) is 11.8. The second-order valence-electron chi connectivity index (χ2n) is 4.75. The van der Waals surface area contributed by atoms with E-state index in [4.69, 9.17) is 17.6 Å². The predicted octanol–water partition coefficient (Wildman–Crippen LogP) is 5.12. The zero-order valence-corrected chi connectivity index (χ0v) is 13.4. The smallest absolute Gasteiger partial charge is 0.162 e. The van der Waals surface area contributed by atoms with Crippen molar-refractivity contribution in [2.75, 3.05) is 0 Å². The molecule has 0 heterocycles. The highest BCUT2D eigenvalue weighted by atomic mass is 32.2. The van der Waals surface area contributed by atoms with Crippen LogP contribution in [0.25, 0.3) is 0 Å². The molecule has 0 aliphatic carbocycles. The number of carbonyl (C=O) groups excluding carboxylic acids is 1. The topological polar surface area (TPSA) is 40.9 Å². The van der Waals surface area contributed by atoms with Crippen LogP contribution in [0.15, 0.2) is 30.3 Å². The van der Waals surface area contributed by atoms with E-state index in [0.717, 1.165) is 31.2 Å². The van der Waals surface area contributed by atoms with E-state index in [1.54, 1.807) is 0 Å². The number of ketones is 1. The van der Waals surface area contributed by atoms with Gasteiger partial charge in [0.2, 0.25) is 0 Å². The summed E-state index contributed by atoms with van der Waals surface area (Å²) in [6, 6.07) is 9.37. The lowest BCUT2D eigenvalue weighted by Gasteiger charge is -2.15. The molecule has 0 spiro atoms. The van der Waals surface area contributed by atoms with E-state index in [-0.39, 0.29) is 11.7 Å². The van der Waals surface area contributed by atoms with Crippen LogP contribution in [0.5, 0.6) is 0 Å². The number of thioether (sulfide) groups is 1. The van der Waals surface area contributed by atoms with E-state index in [9.17, 15) is 4.79 Å². The Bertz CT molecular complexity index is 445. The van der Waals surface area contributed by atoms with Gasteiger partial charge in [0, 0.05) is 22.6 Å². The Balaban J connectivity index is 2.54. The van der Waals surface area contributed by atoms with Crippen LogP contribution < -0.4 is 0 Å². The fourth-order valence-corrected chi connectivity index (χ4v) is 2.92. The number of hydrogen-bond donors (Lipinski definition) is 1. The fraction of sp³-hybridized carbons (Fsp3) is 0.438. The Morgan fingerprint density at radius 2 is 2.05 bits per heavy atom. The van der Waals surface area contributed by atoms with Gasteiger partial charge in [-0.15, -0.1) is 0 Å². The minimum Gasteiger partial charge on any atom is -0.298 e. The molecule has 0 saturated heterocycles. The molecule has 20 heavy (non-hydrogen) atoms. The Morgan fingerprint density at radius 3 is 2.65 bits per heavy atom. The second kappa shape index (κ2) is 9.83. The maximum atomic E-state index is 12.1. The third-order valence-electron chi connectivity index (χ3n) is 3.27. The number of benzene rings is 1. The molecule has 1 rings (SSSR count). The minimum atomic E-state index is 0.159. The quantitative estimate of drug-likeness (QED) is 0.298. The molecule has 4 heteroatoms. The average molecular weight is 307 g/mol. The zero-order chi connectivity index (χ0) is 14.8. The Labute approximate surface area is 130 Å². The molecule has 1 atom stereocenters. The van der Waals surface area contributed by atoms with Crippen LogP contribution in [0.3, 0.4) is 0 Å². The maximum Gasteiger partial charge on any atom is 0.162 e. The van der Waals surface area contributed by atoms with Crippen molar-refractivity contribution in [3.05, 3.63) is 35.9 Å². The van der Waals surface area contributed by atoms with Crippen molar-refractivity contribution < 1.29 is 4.79 Å². The summed E-state index contributed by atoms with van der Waals surface area (Å²) >= 11 is 6.10. The third kappa shape index (κ3) is 5.97. The van der Waals surface area contributed by atoms with Crippen molar-refractivity contribution in [2.24, 2.45) is 5.92 Å². The number of thiocarbonyl (C=S) groups is 1. The fourth-order valence-electron chi connectivity index (χ4n) is 2.08. The third-order valence-corrected chi connectivity index (χ3v) is 4.24. The van der Waals surface area contributed by atoms with Crippen molar-refractivity contribution in [3.63, 3.8) is 0 Å². The molecule has 0 saturated carbocycles. The van der Waals surface area contributed by atoms with Gasteiger partial charge in [0.15, 0.2) is 5.78 Å². The first-order valence-electron chi connectivity index (χ1n) is 6.96. The van der Waals surface area contributed by atoms with Crippen LogP contribution in [0.4, 0.5) is 0 Å². The first kappa shape index (κ1) is 17.1. The highest BCUT2D eigenvalue weighted by Gasteiger charge is 2.16. The van der Waals surface area contributed by atoms with E-state index in [2.05, 4.69) is 6.92 Å². The summed E-state index contributed by atoms with van der Waals surface area (Å²) in [7, 11) is 0. The molecule has 0 radical (unpaired) electrons. The monoisotopic (exact) mass is 307 g/mol. The van der Waals surface area contributed by atoms with Crippen molar-refractivity contribution in [1.82, 2.24) is 0 Å². The summed E-state index contributed by atoms with van der Waals surface area (Å²) in [5, 5.41) is 8.62. The van der Waals surface area contributed by atoms with Crippen molar-refractivity contribution >= 4 is 39.5 Å². The largest absolute Gasteiger partial charge is 0.298 e. The number of rotatable bonds is 9. The van der Waals surface area contributed by atoms with Gasteiger partial charge in [-0.3, -0.25) is 10.2 Å². The van der Waals surface area contributed by atoms with Crippen LogP contribution in [-0.2, 0) is 0 Å². The Hall–Kier alpha value is -1.00. The van der Waals surface area contributed by atoms with Crippen molar-refractivity contribution in [2.45, 2.75) is 39.0 Å². The zero-order valence-electron chi connectivity index (χ0n) is 11.8. The second-order valence-corrected chi connectivity index (χ2v) is 6.19. The molecule has 1 N–H and O–H groups in total. The predicted molar refractivity (Wildman–Crippen MR) is 92.0 cm³/mol. The van der Waals surface area contributed by atoms with Gasteiger partial charge in [0.1, 0.15) is 0 Å². The molecule has 0 fully saturated rings. The molecule has 0 aliphatic heterocycles. The minimum absolute atomic E-state index is 0.159. The summed E-state index contributed by atoms with van der Waals surface area (Å²) < 4.78 is 1.53. The van der Waals surface area contributed by atoms with Crippen LogP contribution in [0.2, 0.25) is 0 Å². The summed E-state index contributed by atoms with van der Waals surface area (Å²) in [6.07, 6.45) is 4.40. The molecule has 1 unspecified atom stereocenters. The first-order valence-corrected chi connectivity index (χ1v) is 8.31. The summed E-state index contributed by atoms with van der Waals surface area (Å²) in [5.41, 5.74) is 0.760. The van der Waals surface area contributed by atoms with E-state index in [1.807, 2.05) is 30.3 Å². The van der Waals surface area contributed by atoms with Gasteiger partial charge in [-0.25, -0.2) is 0 Å². The summed E-state index contributed by atoms with van der Waals surface area (Å²) in [4.78, 5) is 12.1. The van der Waals surface area contributed by atoms with Gasteiger partial charge in [-0.1, -0.05) is 74.1 Å². The Kier molecular flexibility index (Phi) is 8.38. The van der Waals surface area contributed by atoms with Gasteiger partial charge < -0.3 is 0 Å². The van der Waals surface area contributed by atoms with Crippen LogP contribution in [0, 0.1) is 11.3 Å². The van der Waals surface area contributed by atoms with E-state index < -0.39 is 0 Å². The lowest BCUT2D eigenvalue weighted by atomic mass is 9.95. The molecular formula is C16H21NOS2. The van der Waals surface area contributed by atoms with Gasteiger partial charge in [0.25, 0.3) is 0 Å². The maximum absolute atomic E-state index is 12.1. The Morgan fingerprint density at radius 1 is 1.35 bits per heavy atom. The van der Waals surface area contributed by atoms with Crippen molar-refractivity contribution in [1.29, 1.82) is 5.41 Å². The number of Topliss-reactive ketones (excluding diaryl/α,β-unsaturated/α-hetero) is 1. The number of nitrogens with one attached hydrogen (secondary N) is 1. The first-order chi connectivity index (χ1) is 9.69. The molecule has 1 aromatic carbocycles. The van der Waals surface area contributed by atoms with Gasteiger partial charge in [-0.05, 0) is 12.8 Å². The molecule has 108 valence electrons. The molecule has 0 aromatic heterocycles. The highest BCUT2D eigenvalue weighted by Crippen LogP contribution is 2.22. The molecule has 0 bridgehead atoms. The molecule has 0 amide bonds. The number of unbranched alkanes of at least 4 members (excludes halogenated alkanes) is 1. The summed E-state index contributed by atoms with van der Waals surface area (Å²) in [5.74, 6) is 0.319. The van der Waals surface area contributed by atoms with Crippen LogP contribution in [-0.4, -0.2) is 15.5 Å². The van der Waals surface area contributed by atoms with Gasteiger partial charge >= 0.3 is 0 Å². The number of hydrogen-bond acceptors (Lipinski definition) is 4. The van der Waals surface area contributed by atoms with E-state index in [1.165, 1.54) is 16.5 Å². The molecular weight excluding hydrogens is 286 g/mol. The van der Waals surface area contributed by atoms with Gasteiger partial charge in [-0.2, -0.15) is 0 Å². The SMILES string of the molecule is CCCCC(CCC(=O)c1ccccc1)C(=N)SC=S. The average Bonchev–Trinajstić information content (AvgIpc) is 2.48. The number of carbonyl (C=O) groups is 1. The molecule has 0 aliphatic rings. The molecule has 2 nitrogen and oxygen atoms in total. The highest BCUT2D eigenvalue weighted by molar-refractivity contribution is 8.31. The summed E-state index contributed by atoms with van der Waals surface area (Å²) in [6.45, 7) is 2.14. The molecule has 1 aromatic rings. The van der Waals surface area contributed by atoms with Crippen molar-refractivity contribution in [3.8, 4) is 0 Å². The van der Waals surface area contributed by atoms with Crippen LogP contribution in [0.1, 0.15) is 49.4 Å². The lowest BCUT2D eigenvalue weighted by molar-refractivity contribution is 0.0976. The van der Waals surface area contributed by atoms with Crippen LogP contribution >= 0.6 is 24.0 Å². The van der Waals surface area contributed by atoms with E-state index >= 15 is 0 Å². The van der Waals surface area contributed by atoms with Gasteiger partial charge in [0.05, 0.1) is 5.04 Å². The van der Waals surface area contributed by atoms with E-state index in [0.29, 0.717) is 11.5 Å². The lowest BCUT2D eigenvalue weighted by Crippen LogP contribution is -2.13.